The molecule has 168 valence electrons. The van der Waals surface area contributed by atoms with Crippen LogP contribution in [0, 0.1) is 40.4 Å². The fourth-order valence-electron chi connectivity index (χ4n) is 7.26. The molecule has 6 atom stereocenters. The molecule has 0 heterocycles. The van der Waals surface area contributed by atoms with Crippen LogP contribution in [-0.4, -0.2) is 0 Å². The third-order valence-electron chi connectivity index (χ3n) is 9.97. The summed E-state index contributed by atoms with van der Waals surface area (Å²) in [5.41, 5.74) is 4.65. The molecule has 0 aliphatic heterocycles. The Hall–Kier alpha value is -0.260. The summed E-state index contributed by atoms with van der Waals surface area (Å²) in [5.74, 6) is 4.73. The van der Waals surface area contributed by atoms with E-state index in [0.717, 1.165) is 29.6 Å². The number of hydrogen-bond acceptors (Lipinski definition) is 0. The van der Waals surface area contributed by atoms with Crippen LogP contribution in [0.15, 0.2) is 11.1 Å². The summed E-state index contributed by atoms with van der Waals surface area (Å²) in [4.78, 5) is 0. The highest BCUT2D eigenvalue weighted by atomic mass is 14.6. The zero-order valence-corrected chi connectivity index (χ0v) is 21.1. The minimum atomic E-state index is 0.416. The molecule has 0 radical (unpaired) electrons. The zero-order chi connectivity index (χ0) is 21.2. The molecule has 3 aliphatic carbocycles. The normalized spacial score (nSPS) is 42.1. The van der Waals surface area contributed by atoms with Gasteiger partial charge in [0.05, 0.1) is 0 Å². The lowest BCUT2D eigenvalue weighted by Crippen LogP contribution is -2.50. The van der Waals surface area contributed by atoms with Gasteiger partial charge in [0.1, 0.15) is 0 Å². The topological polar surface area (TPSA) is 0 Å². The van der Waals surface area contributed by atoms with E-state index >= 15 is 0 Å². The highest BCUT2D eigenvalue weighted by Crippen LogP contribution is 2.67. The Morgan fingerprint density at radius 3 is 1.97 bits per heavy atom. The molecular formula is C29H52. The van der Waals surface area contributed by atoms with Gasteiger partial charge in [-0.05, 0) is 72.5 Å². The molecule has 1 fully saturated rings. The summed E-state index contributed by atoms with van der Waals surface area (Å²) < 4.78 is 0. The Morgan fingerprint density at radius 1 is 0.724 bits per heavy atom. The molecule has 0 amide bonds. The van der Waals surface area contributed by atoms with E-state index in [1.807, 2.05) is 11.1 Å². The zero-order valence-electron chi connectivity index (χ0n) is 21.1. The first-order valence-corrected chi connectivity index (χ1v) is 13.4. The van der Waals surface area contributed by atoms with Gasteiger partial charge in [-0.2, -0.15) is 0 Å². The Balaban J connectivity index is 1.73. The van der Waals surface area contributed by atoms with Gasteiger partial charge < -0.3 is 0 Å². The molecule has 0 N–H and O–H groups in total. The van der Waals surface area contributed by atoms with Crippen LogP contribution < -0.4 is 0 Å². The summed E-state index contributed by atoms with van der Waals surface area (Å²) in [6.45, 7) is 17.7. The average molecular weight is 401 g/mol. The van der Waals surface area contributed by atoms with Crippen LogP contribution in [0.3, 0.4) is 0 Å². The van der Waals surface area contributed by atoms with Crippen LogP contribution in [0.2, 0.25) is 0 Å². The van der Waals surface area contributed by atoms with Gasteiger partial charge in [0.15, 0.2) is 0 Å². The van der Waals surface area contributed by atoms with Gasteiger partial charge in [0.2, 0.25) is 0 Å². The minimum Gasteiger partial charge on any atom is -0.0645 e. The molecule has 0 spiro atoms. The van der Waals surface area contributed by atoms with Crippen LogP contribution in [0.1, 0.15) is 132 Å². The van der Waals surface area contributed by atoms with E-state index in [1.165, 1.54) is 83.5 Å². The molecule has 0 bridgehead atoms. The molecule has 3 rings (SSSR count). The van der Waals surface area contributed by atoms with Crippen LogP contribution in [0.5, 0.6) is 0 Å². The monoisotopic (exact) mass is 400 g/mol. The van der Waals surface area contributed by atoms with Crippen molar-refractivity contribution in [1.29, 1.82) is 0 Å². The van der Waals surface area contributed by atoms with Crippen molar-refractivity contribution >= 4 is 0 Å². The molecule has 3 aliphatic rings. The maximum atomic E-state index is 2.59. The van der Waals surface area contributed by atoms with E-state index in [2.05, 4.69) is 48.5 Å². The van der Waals surface area contributed by atoms with Crippen LogP contribution >= 0.6 is 0 Å². The largest absolute Gasteiger partial charge is 0.0645 e. The van der Waals surface area contributed by atoms with Crippen LogP contribution in [0.25, 0.3) is 0 Å². The maximum Gasteiger partial charge on any atom is -0.00251 e. The van der Waals surface area contributed by atoms with E-state index in [1.54, 1.807) is 0 Å². The maximum absolute atomic E-state index is 2.59. The smallest absolute Gasteiger partial charge is 0.00251 e. The first-order valence-electron chi connectivity index (χ1n) is 13.4. The second-order valence-corrected chi connectivity index (χ2v) is 12.4. The van der Waals surface area contributed by atoms with Crippen LogP contribution in [0.4, 0.5) is 0 Å². The molecule has 1 saturated carbocycles. The van der Waals surface area contributed by atoms with Crippen molar-refractivity contribution in [3.8, 4) is 0 Å². The Labute approximate surface area is 183 Å². The summed E-state index contributed by atoms with van der Waals surface area (Å²) in [6, 6.07) is 0. The number of allylic oxidation sites excluding steroid dienone is 2. The minimum absolute atomic E-state index is 0.416. The van der Waals surface area contributed by atoms with Gasteiger partial charge in [0, 0.05) is 0 Å². The fraction of sp³-hybridized carbons (Fsp3) is 0.931. The lowest BCUT2D eigenvalue weighted by atomic mass is 9.44. The quantitative estimate of drug-likeness (QED) is 0.384. The van der Waals surface area contributed by atoms with Gasteiger partial charge in [-0.25, -0.2) is 0 Å². The predicted molar refractivity (Wildman–Crippen MR) is 129 cm³/mol. The molecule has 0 aromatic carbocycles. The molecule has 29 heavy (non-hydrogen) atoms. The van der Waals surface area contributed by atoms with E-state index in [4.69, 9.17) is 0 Å². The second-order valence-electron chi connectivity index (χ2n) is 12.4. The number of fused-ring (bicyclic) bond motifs is 1. The molecule has 0 aromatic rings. The van der Waals surface area contributed by atoms with Crippen molar-refractivity contribution in [3.05, 3.63) is 11.1 Å². The van der Waals surface area contributed by atoms with Crippen molar-refractivity contribution in [2.45, 2.75) is 132 Å². The number of rotatable bonds is 1. The molecule has 0 nitrogen and oxygen atoms in total. The van der Waals surface area contributed by atoms with Gasteiger partial charge in [0.25, 0.3) is 0 Å². The fourth-order valence-corrected chi connectivity index (χ4v) is 7.26. The molecule has 6 unspecified atom stereocenters. The first kappa shape index (κ1) is 23.4. The molecule has 0 saturated heterocycles. The highest BCUT2D eigenvalue weighted by Gasteiger charge is 2.57. The van der Waals surface area contributed by atoms with Crippen molar-refractivity contribution < 1.29 is 0 Å². The Kier molecular flexibility index (Phi) is 7.65. The molecule has 0 aromatic heterocycles. The summed E-state index contributed by atoms with van der Waals surface area (Å²) in [6.07, 6.45) is 18.9. The predicted octanol–water partition coefficient (Wildman–Crippen LogP) is 9.59. The third-order valence-corrected chi connectivity index (χ3v) is 9.97. The summed E-state index contributed by atoms with van der Waals surface area (Å²) in [7, 11) is 0. The SMILES string of the molecule is CCC1(C)C2=C(CC3CC3CC(C)CCCCCC(C)CCCCC2C)C1(C)C. The van der Waals surface area contributed by atoms with Crippen LogP contribution in [-0.2, 0) is 0 Å². The summed E-state index contributed by atoms with van der Waals surface area (Å²) >= 11 is 0. The second kappa shape index (κ2) is 9.48. The lowest BCUT2D eigenvalue weighted by molar-refractivity contribution is 0.0854. The van der Waals surface area contributed by atoms with Gasteiger partial charge in [-0.1, -0.05) is 111 Å². The van der Waals surface area contributed by atoms with E-state index < -0.39 is 0 Å². The summed E-state index contributed by atoms with van der Waals surface area (Å²) in [5, 5.41) is 0. The van der Waals surface area contributed by atoms with Crippen molar-refractivity contribution in [2.75, 3.05) is 0 Å². The number of hydrogen-bond donors (Lipinski definition) is 0. The Morgan fingerprint density at radius 2 is 1.31 bits per heavy atom. The molecular weight excluding hydrogens is 348 g/mol. The molecule has 0 heteroatoms. The van der Waals surface area contributed by atoms with Crippen molar-refractivity contribution in [3.63, 3.8) is 0 Å². The van der Waals surface area contributed by atoms with Crippen molar-refractivity contribution in [2.24, 2.45) is 40.4 Å². The van der Waals surface area contributed by atoms with E-state index in [9.17, 15) is 0 Å². The first-order chi connectivity index (χ1) is 13.7. The lowest BCUT2D eigenvalue weighted by Gasteiger charge is -2.60. The van der Waals surface area contributed by atoms with Gasteiger partial charge in [-0.3, -0.25) is 0 Å². The van der Waals surface area contributed by atoms with Crippen molar-refractivity contribution in [1.82, 2.24) is 0 Å². The highest BCUT2D eigenvalue weighted by molar-refractivity contribution is 5.44. The van der Waals surface area contributed by atoms with E-state index in [-0.39, 0.29) is 0 Å². The standard InChI is InChI=1S/C29H52/c1-8-29(7)27-23(4)17-13-12-15-21(2)14-10-9-11-16-22(3)18-24-19-25(24)20-26(27)28(29,5)6/h21-25H,8-20H2,1-7H3. The third kappa shape index (κ3) is 4.98. The average Bonchev–Trinajstić information content (AvgIpc) is 3.40. The Bertz CT molecular complexity index is 567. The van der Waals surface area contributed by atoms with Gasteiger partial charge in [-0.15, -0.1) is 0 Å². The van der Waals surface area contributed by atoms with Gasteiger partial charge >= 0.3 is 0 Å². The van der Waals surface area contributed by atoms with E-state index in [0.29, 0.717) is 10.8 Å².